The summed E-state index contributed by atoms with van der Waals surface area (Å²) in [5, 5.41) is 7.76. The van der Waals surface area contributed by atoms with Crippen LogP contribution < -0.4 is 5.32 Å². The molecule has 158 valence electrons. The van der Waals surface area contributed by atoms with Crippen molar-refractivity contribution in [3.05, 3.63) is 41.7 Å². The molecular formula is C20H28ClFN6O. The van der Waals surface area contributed by atoms with Crippen molar-refractivity contribution >= 4 is 18.3 Å². The van der Waals surface area contributed by atoms with Crippen molar-refractivity contribution in [2.45, 2.75) is 32.2 Å². The number of likely N-dealkylation sites (tertiary alicyclic amines) is 1. The van der Waals surface area contributed by atoms with Crippen molar-refractivity contribution in [3.8, 4) is 5.69 Å². The predicted octanol–water partition coefficient (Wildman–Crippen LogP) is 2.07. The molecule has 0 spiro atoms. The standard InChI is InChI=1S/C20H27FN6O.ClH/c1-14(2)19-23-18(24-27(19)17-6-4-3-5-16(17)21)20(28)26-10-7-15(13-26)25-11-8-22-9-12-25;/h3-6,14-15,22H,7-13H2,1-2H3;1H. The fourth-order valence-electron chi connectivity index (χ4n) is 4.00. The van der Waals surface area contributed by atoms with Gasteiger partial charge in [-0.1, -0.05) is 26.0 Å². The molecule has 2 fully saturated rings. The van der Waals surface area contributed by atoms with Crippen LogP contribution in [-0.2, 0) is 0 Å². The van der Waals surface area contributed by atoms with E-state index in [2.05, 4.69) is 20.3 Å². The molecule has 9 heteroatoms. The summed E-state index contributed by atoms with van der Waals surface area (Å²) in [5.41, 5.74) is 0.317. The van der Waals surface area contributed by atoms with Gasteiger partial charge in [-0.3, -0.25) is 9.69 Å². The minimum absolute atomic E-state index is 0. The topological polar surface area (TPSA) is 66.3 Å². The summed E-state index contributed by atoms with van der Waals surface area (Å²) < 4.78 is 15.8. The van der Waals surface area contributed by atoms with E-state index in [9.17, 15) is 9.18 Å². The number of aromatic nitrogens is 3. The minimum Gasteiger partial charge on any atom is -0.334 e. The third kappa shape index (κ3) is 4.44. The Morgan fingerprint density at radius 3 is 2.62 bits per heavy atom. The van der Waals surface area contributed by atoms with Gasteiger partial charge in [-0.25, -0.2) is 14.1 Å². The Morgan fingerprint density at radius 1 is 1.21 bits per heavy atom. The maximum Gasteiger partial charge on any atom is 0.293 e. The number of halogens is 2. The molecule has 1 N–H and O–H groups in total. The van der Waals surface area contributed by atoms with Gasteiger partial charge >= 0.3 is 0 Å². The summed E-state index contributed by atoms with van der Waals surface area (Å²) in [5.74, 6) is 0.197. The lowest BCUT2D eigenvalue weighted by molar-refractivity contribution is 0.0761. The van der Waals surface area contributed by atoms with Gasteiger partial charge in [0, 0.05) is 51.2 Å². The number of benzene rings is 1. The number of carbonyl (C=O) groups excluding carboxylic acids is 1. The zero-order valence-corrected chi connectivity index (χ0v) is 17.7. The Kier molecular flexibility index (Phi) is 6.87. The fraction of sp³-hybridized carbons (Fsp3) is 0.550. The molecule has 1 aromatic heterocycles. The summed E-state index contributed by atoms with van der Waals surface area (Å²) in [6.45, 7) is 9.36. The molecule has 1 aromatic carbocycles. The number of piperazine rings is 1. The first-order valence-electron chi connectivity index (χ1n) is 10.0. The molecule has 29 heavy (non-hydrogen) atoms. The molecule has 1 amide bonds. The van der Waals surface area contributed by atoms with Crippen molar-refractivity contribution in [3.63, 3.8) is 0 Å². The molecule has 0 saturated carbocycles. The molecule has 1 unspecified atom stereocenters. The number of hydrogen-bond donors (Lipinski definition) is 1. The number of nitrogens with one attached hydrogen (secondary N) is 1. The first-order chi connectivity index (χ1) is 13.5. The van der Waals surface area contributed by atoms with E-state index >= 15 is 0 Å². The second-order valence-corrected chi connectivity index (χ2v) is 7.79. The number of hydrogen-bond acceptors (Lipinski definition) is 5. The van der Waals surface area contributed by atoms with Crippen LogP contribution in [0.15, 0.2) is 24.3 Å². The molecule has 0 aliphatic carbocycles. The van der Waals surface area contributed by atoms with Crippen molar-refractivity contribution < 1.29 is 9.18 Å². The Bertz CT molecular complexity index is 851. The van der Waals surface area contributed by atoms with Crippen molar-refractivity contribution in [1.29, 1.82) is 0 Å². The normalized spacial score (nSPS) is 20.1. The van der Waals surface area contributed by atoms with Crippen LogP contribution in [0.1, 0.15) is 42.6 Å². The lowest BCUT2D eigenvalue weighted by Gasteiger charge is -2.32. The van der Waals surface area contributed by atoms with Crippen LogP contribution in [-0.4, -0.2) is 75.8 Å². The highest BCUT2D eigenvalue weighted by Crippen LogP contribution is 2.22. The SMILES string of the molecule is CC(C)c1nc(C(=O)N2CCC(N3CCNCC3)C2)nn1-c1ccccc1F.Cl. The van der Waals surface area contributed by atoms with E-state index in [0.29, 0.717) is 30.6 Å². The summed E-state index contributed by atoms with van der Waals surface area (Å²) in [6, 6.07) is 6.83. The smallest absolute Gasteiger partial charge is 0.293 e. The van der Waals surface area contributed by atoms with Crippen LogP contribution >= 0.6 is 12.4 Å². The Balaban J connectivity index is 0.00000240. The fourth-order valence-corrected chi connectivity index (χ4v) is 4.00. The van der Waals surface area contributed by atoms with E-state index in [1.807, 2.05) is 18.7 Å². The number of rotatable bonds is 4. The monoisotopic (exact) mass is 422 g/mol. The average Bonchev–Trinajstić information content (AvgIpc) is 3.36. The third-order valence-corrected chi connectivity index (χ3v) is 5.54. The van der Waals surface area contributed by atoms with E-state index in [1.165, 1.54) is 10.7 Å². The Hall–Kier alpha value is -2.03. The lowest BCUT2D eigenvalue weighted by Crippen LogP contribution is -2.49. The van der Waals surface area contributed by atoms with E-state index < -0.39 is 0 Å². The van der Waals surface area contributed by atoms with Crippen LogP contribution in [0.5, 0.6) is 0 Å². The molecule has 3 heterocycles. The minimum atomic E-state index is -0.381. The number of para-hydroxylation sites is 1. The molecule has 0 bridgehead atoms. The zero-order chi connectivity index (χ0) is 19.7. The number of amides is 1. The Morgan fingerprint density at radius 2 is 1.93 bits per heavy atom. The quantitative estimate of drug-likeness (QED) is 0.817. The molecule has 2 aliphatic rings. The van der Waals surface area contributed by atoms with E-state index in [4.69, 9.17) is 0 Å². The number of carbonyl (C=O) groups is 1. The van der Waals surface area contributed by atoms with Crippen LogP contribution in [0.2, 0.25) is 0 Å². The van der Waals surface area contributed by atoms with Gasteiger partial charge in [0.25, 0.3) is 5.91 Å². The molecule has 4 rings (SSSR count). The zero-order valence-electron chi connectivity index (χ0n) is 16.8. The van der Waals surface area contributed by atoms with Crippen molar-refractivity contribution in [2.24, 2.45) is 0 Å². The van der Waals surface area contributed by atoms with Crippen LogP contribution in [0.4, 0.5) is 4.39 Å². The summed E-state index contributed by atoms with van der Waals surface area (Å²) in [7, 11) is 0. The summed E-state index contributed by atoms with van der Waals surface area (Å²) in [4.78, 5) is 21.8. The molecular weight excluding hydrogens is 395 g/mol. The molecule has 7 nitrogen and oxygen atoms in total. The van der Waals surface area contributed by atoms with Crippen LogP contribution in [0.3, 0.4) is 0 Å². The maximum absolute atomic E-state index is 14.3. The highest BCUT2D eigenvalue weighted by Gasteiger charge is 2.33. The van der Waals surface area contributed by atoms with E-state index in [0.717, 1.165) is 32.6 Å². The molecule has 1 atom stereocenters. The van der Waals surface area contributed by atoms with Gasteiger partial charge in [-0.15, -0.1) is 17.5 Å². The average molecular weight is 423 g/mol. The third-order valence-electron chi connectivity index (χ3n) is 5.54. The maximum atomic E-state index is 14.3. The van der Waals surface area contributed by atoms with Gasteiger partial charge in [-0.05, 0) is 18.6 Å². The second-order valence-electron chi connectivity index (χ2n) is 7.79. The second kappa shape index (κ2) is 9.19. The van der Waals surface area contributed by atoms with Gasteiger partial charge in [-0.2, -0.15) is 0 Å². The van der Waals surface area contributed by atoms with Crippen LogP contribution in [0.25, 0.3) is 5.69 Å². The van der Waals surface area contributed by atoms with Gasteiger partial charge in [0.2, 0.25) is 5.82 Å². The predicted molar refractivity (Wildman–Crippen MR) is 111 cm³/mol. The van der Waals surface area contributed by atoms with Crippen molar-refractivity contribution in [2.75, 3.05) is 39.3 Å². The van der Waals surface area contributed by atoms with E-state index in [1.54, 1.807) is 18.2 Å². The lowest BCUT2D eigenvalue weighted by atomic mass is 10.2. The van der Waals surface area contributed by atoms with Gasteiger partial charge in [0.1, 0.15) is 17.3 Å². The van der Waals surface area contributed by atoms with Gasteiger partial charge in [0.15, 0.2) is 0 Å². The highest BCUT2D eigenvalue weighted by molar-refractivity contribution is 5.90. The van der Waals surface area contributed by atoms with Crippen molar-refractivity contribution in [1.82, 2.24) is 29.9 Å². The van der Waals surface area contributed by atoms with Gasteiger partial charge < -0.3 is 10.2 Å². The molecule has 2 aliphatic heterocycles. The largest absolute Gasteiger partial charge is 0.334 e. The van der Waals surface area contributed by atoms with E-state index in [-0.39, 0.29) is 35.9 Å². The summed E-state index contributed by atoms with van der Waals surface area (Å²) >= 11 is 0. The molecule has 2 aromatic rings. The number of nitrogens with zero attached hydrogens (tertiary/aromatic N) is 5. The highest BCUT2D eigenvalue weighted by atomic mass is 35.5. The summed E-state index contributed by atoms with van der Waals surface area (Å²) in [6.07, 6.45) is 0.969. The van der Waals surface area contributed by atoms with Gasteiger partial charge in [0.05, 0.1) is 0 Å². The molecule has 0 radical (unpaired) electrons. The van der Waals surface area contributed by atoms with Crippen LogP contribution in [0, 0.1) is 5.82 Å². The molecule has 2 saturated heterocycles. The first-order valence-corrected chi connectivity index (χ1v) is 10.0. The first kappa shape index (κ1) is 21.7. The Labute approximate surface area is 176 Å².